The molecule has 0 aliphatic carbocycles. The fourth-order valence-electron chi connectivity index (χ4n) is 3.54. The Morgan fingerprint density at radius 2 is 1.76 bits per heavy atom. The van der Waals surface area contributed by atoms with Crippen molar-refractivity contribution in [3.05, 3.63) is 59.4 Å². The third-order valence-corrected chi connectivity index (χ3v) is 6.37. The fourth-order valence-corrected chi connectivity index (χ4v) is 4.88. The number of carbonyl (C=O) groups excluding carboxylic acids is 1. The maximum atomic E-state index is 13.6. The van der Waals surface area contributed by atoms with E-state index in [1.54, 1.807) is 11.0 Å². The van der Waals surface area contributed by atoms with Gasteiger partial charge in [-0.15, -0.1) is 0 Å². The quantitative estimate of drug-likeness (QED) is 0.718. The van der Waals surface area contributed by atoms with Gasteiger partial charge in [0.25, 0.3) is 0 Å². The summed E-state index contributed by atoms with van der Waals surface area (Å²) >= 11 is 6.05. The van der Waals surface area contributed by atoms with Crippen LogP contribution in [0.4, 0.5) is 15.8 Å². The normalized spacial score (nSPS) is 15.9. The summed E-state index contributed by atoms with van der Waals surface area (Å²) < 4.78 is 39.3. The number of piperazine rings is 1. The van der Waals surface area contributed by atoms with Gasteiger partial charge in [0.2, 0.25) is 15.9 Å². The maximum Gasteiger partial charge on any atom is 0.246 e. The highest BCUT2D eigenvalue weighted by Crippen LogP contribution is 2.24. The summed E-state index contributed by atoms with van der Waals surface area (Å²) in [6, 6.07) is 11.8. The Kier molecular flexibility index (Phi) is 6.33. The van der Waals surface area contributed by atoms with Crippen LogP contribution in [0.2, 0.25) is 5.02 Å². The zero-order valence-electron chi connectivity index (χ0n) is 16.3. The molecule has 1 aliphatic heterocycles. The standard InChI is InChI=1S/C20H23ClFN3O3S/c1-15(25(29(2,27)28)19-8-4-6-17(22)14-19)20(26)24-11-9-23(10-12-24)18-7-3-5-16(21)13-18/h3-8,13-15H,9-12H2,1-2H3/t15-/m0/s1. The predicted octanol–water partition coefficient (Wildman–Crippen LogP) is 2.98. The van der Waals surface area contributed by atoms with E-state index in [4.69, 9.17) is 11.6 Å². The van der Waals surface area contributed by atoms with Crippen molar-refractivity contribution in [1.29, 1.82) is 0 Å². The first kappa shape index (κ1) is 21.4. The van der Waals surface area contributed by atoms with Crippen molar-refractivity contribution in [2.24, 2.45) is 0 Å². The zero-order valence-corrected chi connectivity index (χ0v) is 17.8. The van der Waals surface area contributed by atoms with Crippen LogP contribution in [-0.4, -0.2) is 57.7 Å². The number of hydrogen-bond acceptors (Lipinski definition) is 4. The summed E-state index contributed by atoms with van der Waals surface area (Å²) in [6.07, 6.45) is 1.01. The summed E-state index contributed by atoms with van der Waals surface area (Å²) in [4.78, 5) is 16.8. The molecule has 3 rings (SSSR count). The maximum absolute atomic E-state index is 13.6. The molecule has 1 fully saturated rings. The van der Waals surface area contributed by atoms with Gasteiger partial charge in [0.1, 0.15) is 11.9 Å². The molecule has 0 spiro atoms. The minimum atomic E-state index is -3.78. The van der Waals surface area contributed by atoms with Crippen molar-refractivity contribution in [1.82, 2.24) is 4.90 Å². The van der Waals surface area contributed by atoms with Gasteiger partial charge in [-0.2, -0.15) is 0 Å². The number of nitrogens with zero attached hydrogens (tertiary/aromatic N) is 3. The Hall–Kier alpha value is -2.32. The second-order valence-electron chi connectivity index (χ2n) is 7.01. The molecule has 1 amide bonds. The number of carbonyl (C=O) groups is 1. The molecule has 0 N–H and O–H groups in total. The summed E-state index contributed by atoms with van der Waals surface area (Å²) in [5.74, 6) is -0.878. The lowest BCUT2D eigenvalue weighted by Gasteiger charge is -2.39. The number of anilines is 2. The number of hydrogen-bond donors (Lipinski definition) is 0. The lowest BCUT2D eigenvalue weighted by atomic mass is 10.2. The van der Waals surface area contributed by atoms with Crippen molar-refractivity contribution < 1.29 is 17.6 Å². The molecule has 0 aromatic heterocycles. The first-order valence-electron chi connectivity index (χ1n) is 9.21. The van der Waals surface area contributed by atoms with Gasteiger partial charge >= 0.3 is 0 Å². The zero-order chi connectivity index (χ0) is 21.2. The van der Waals surface area contributed by atoms with Crippen LogP contribution in [0.3, 0.4) is 0 Å². The second-order valence-corrected chi connectivity index (χ2v) is 9.30. The van der Waals surface area contributed by atoms with Crippen LogP contribution in [0.25, 0.3) is 0 Å². The van der Waals surface area contributed by atoms with E-state index < -0.39 is 21.9 Å². The lowest BCUT2D eigenvalue weighted by Crippen LogP contribution is -2.55. The molecule has 9 heteroatoms. The highest BCUT2D eigenvalue weighted by atomic mass is 35.5. The Labute approximate surface area is 175 Å². The molecule has 0 bridgehead atoms. The van der Waals surface area contributed by atoms with E-state index in [1.807, 2.05) is 18.2 Å². The summed E-state index contributed by atoms with van der Waals surface area (Å²) in [5, 5.41) is 0.647. The van der Waals surface area contributed by atoms with Crippen molar-refractivity contribution >= 4 is 38.9 Å². The molecule has 1 atom stereocenters. The molecule has 2 aromatic carbocycles. The van der Waals surface area contributed by atoms with E-state index in [1.165, 1.54) is 25.1 Å². The first-order valence-corrected chi connectivity index (χ1v) is 11.4. The van der Waals surface area contributed by atoms with Gasteiger partial charge in [-0.3, -0.25) is 9.10 Å². The fraction of sp³-hybridized carbons (Fsp3) is 0.350. The average molecular weight is 440 g/mol. The van der Waals surface area contributed by atoms with Gasteiger partial charge in [0.15, 0.2) is 0 Å². The highest BCUT2D eigenvalue weighted by Gasteiger charge is 2.33. The van der Waals surface area contributed by atoms with E-state index in [0.29, 0.717) is 31.2 Å². The van der Waals surface area contributed by atoms with Gasteiger partial charge in [-0.05, 0) is 43.3 Å². The van der Waals surface area contributed by atoms with E-state index in [9.17, 15) is 17.6 Å². The first-order chi connectivity index (χ1) is 13.7. The van der Waals surface area contributed by atoms with Crippen LogP contribution in [0.5, 0.6) is 0 Å². The Balaban J connectivity index is 1.73. The summed E-state index contributed by atoms with van der Waals surface area (Å²) in [7, 11) is -3.78. The highest BCUT2D eigenvalue weighted by molar-refractivity contribution is 7.92. The molecule has 2 aromatic rings. The van der Waals surface area contributed by atoms with E-state index >= 15 is 0 Å². The molecule has 29 heavy (non-hydrogen) atoms. The lowest BCUT2D eigenvalue weighted by molar-refractivity contribution is -0.132. The van der Waals surface area contributed by atoms with Gasteiger partial charge in [-0.1, -0.05) is 23.7 Å². The number of benzene rings is 2. The van der Waals surface area contributed by atoms with Crippen LogP contribution in [0.15, 0.2) is 48.5 Å². The van der Waals surface area contributed by atoms with Crippen LogP contribution < -0.4 is 9.21 Å². The van der Waals surface area contributed by atoms with Gasteiger partial charge in [0.05, 0.1) is 11.9 Å². The van der Waals surface area contributed by atoms with Gasteiger partial charge in [0, 0.05) is 36.9 Å². The van der Waals surface area contributed by atoms with Crippen molar-refractivity contribution in [2.75, 3.05) is 41.6 Å². The van der Waals surface area contributed by atoms with Crippen molar-refractivity contribution in [3.8, 4) is 0 Å². The number of rotatable bonds is 5. The third kappa shape index (κ3) is 5.00. The van der Waals surface area contributed by atoms with Crippen LogP contribution in [0.1, 0.15) is 6.92 Å². The van der Waals surface area contributed by atoms with E-state index in [2.05, 4.69) is 4.90 Å². The molecule has 0 radical (unpaired) electrons. The molecule has 0 saturated carbocycles. The smallest absolute Gasteiger partial charge is 0.246 e. The van der Waals surface area contributed by atoms with Crippen molar-refractivity contribution in [2.45, 2.75) is 13.0 Å². The summed E-state index contributed by atoms with van der Waals surface area (Å²) in [5.41, 5.74) is 1.11. The Morgan fingerprint density at radius 3 is 2.34 bits per heavy atom. The average Bonchev–Trinajstić information content (AvgIpc) is 2.66. The molecule has 0 unspecified atom stereocenters. The van der Waals surface area contributed by atoms with E-state index in [-0.39, 0.29) is 11.6 Å². The minimum Gasteiger partial charge on any atom is -0.368 e. The largest absolute Gasteiger partial charge is 0.368 e. The SMILES string of the molecule is C[C@@H](C(=O)N1CCN(c2cccc(Cl)c2)CC1)N(c1cccc(F)c1)S(C)(=O)=O. The molecular weight excluding hydrogens is 417 g/mol. The number of sulfonamides is 1. The van der Waals surface area contributed by atoms with Crippen LogP contribution >= 0.6 is 11.6 Å². The van der Waals surface area contributed by atoms with Crippen LogP contribution in [0, 0.1) is 5.82 Å². The van der Waals surface area contributed by atoms with Gasteiger partial charge in [-0.25, -0.2) is 12.8 Å². The third-order valence-electron chi connectivity index (χ3n) is 4.89. The molecule has 1 heterocycles. The van der Waals surface area contributed by atoms with Crippen molar-refractivity contribution in [3.63, 3.8) is 0 Å². The summed E-state index contributed by atoms with van der Waals surface area (Å²) in [6.45, 7) is 3.65. The minimum absolute atomic E-state index is 0.130. The monoisotopic (exact) mass is 439 g/mol. The Bertz CT molecular complexity index is 994. The molecule has 1 saturated heterocycles. The number of halogens is 2. The predicted molar refractivity (Wildman–Crippen MR) is 113 cm³/mol. The topological polar surface area (TPSA) is 60.9 Å². The number of amides is 1. The van der Waals surface area contributed by atoms with E-state index in [0.717, 1.165) is 22.3 Å². The Morgan fingerprint density at radius 1 is 1.10 bits per heavy atom. The molecule has 1 aliphatic rings. The molecule has 156 valence electrons. The second kappa shape index (κ2) is 8.59. The molecule has 6 nitrogen and oxygen atoms in total. The molecular formula is C20H23ClFN3O3S. The van der Waals surface area contributed by atoms with Crippen LogP contribution in [-0.2, 0) is 14.8 Å². The van der Waals surface area contributed by atoms with Gasteiger partial charge < -0.3 is 9.80 Å².